The number of aryl methyl sites for hydroxylation is 1. The van der Waals surface area contributed by atoms with Crippen molar-refractivity contribution in [2.45, 2.75) is 25.8 Å². The van der Waals surface area contributed by atoms with Gasteiger partial charge in [0.15, 0.2) is 0 Å². The molecule has 1 aliphatic rings. The Kier molecular flexibility index (Phi) is 1.53. The predicted molar refractivity (Wildman–Crippen MR) is 45.6 cm³/mol. The highest BCUT2D eigenvalue weighted by Gasteiger charge is 2.13. The van der Waals surface area contributed by atoms with E-state index in [1.165, 1.54) is 12.0 Å². The number of aromatic nitrogens is 1. The van der Waals surface area contributed by atoms with E-state index in [4.69, 9.17) is 0 Å². The Morgan fingerprint density at radius 1 is 1.64 bits per heavy atom. The van der Waals surface area contributed by atoms with Crippen LogP contribution in [0.2, 0.25) is 0 Å². The van der Waals surface area contributed by atoms with Crippen molar-refractivity contribution in [3.8, 4) is 0 Å². The Morgan fingerprint density at radius 2 is 2.55 bits per heavy atom. The minimum Gasteiger partial charge on any atom is -0.367 e. The SMILES string of the molecule is C[C@H]1CCc2cccnc2N1. The quantitative estimate of drug-likeness (QED) is 0.607. The van der Waals surface area contributed by atoms with Crippen molar-refractivity contribution in [2.75, 3.05) is 5.32 Å². The van der Waals surface area contributed by atoms with Gasteiger partial charge in [0, 0.05) is 12.2 Å². The van der Waals surface area contributed by atoms with Crippen LogP contribution in [0.1, 0.15) is 18.9 Å². The Morgan fingerprint density at radius 3 is 3.45 bits per heavy atom. The Bertz CT molecular complexity index is 257. The van der Waals surface area contributed by atoms with Gasteiger partial charge in [-0.1, -0.05) is 6.07 Å². The lowest BCUT2D eigenvalue weighted by Gasteiger charge is -2.22. The first kappa shape index (κ1) is 6.65. The van der Waals surface area contributed by atoms with Crippen LogP contribution >= 0.6 is 0 Å². The number of anilines is 1. The average Bonchev–Trinajstić information content (AvgIpc) is 2.04. The molecule has 0 aromatic carbocycles. The molecule has 11 heavy (non-hydrogen) atoms. The molecule has 0 bridgehead atoms. The third-order valence-electron chi connectivity index (χ3n) is 2.12. The van der Waals surface area contributed by atoms with E-state index >= 15 is 0 Å². The molecular formula is C9H12N2. The van der Waals surface area contributed by atoms with Crippen LogP contribution in [0.25, 0.3) is 0 Å². The number of hydrogen-bond acceptors (Lipinski definition) is 2. The molecule has 58 valence electrons. The van der Waals surface area contributed by atoms with E-state index in [1.807, 2.05) is 12.3 Å². The van der Waals surface area contributed by atoms with E-state index in [9.17, 15) is 0 Å². The van der Waals surface area contributed by atoms with Crippen molar-refractivity contribution >= 4 is 5.82 Å². The van der Waals surface area contributed by atoms with Gasteiger partial charge in [-0.25, -0.2) is 4.98 Å². The van der Waals surface area contributed by atoms with Crippen LogP contribution < -0.4 is 5.32 Å². The van der Waals surface area contributed by atoms with Gasteiger partial charge >= 0.3 is 0 Å². The average molecular weight is 148 g/mol. The minimum absolute atomic E-state index is 0.581. The van der Waals surface area contributed by atoms with Crippen LogP contribution in [0.15, 0.2) is 18.3 Å². The predicted octanol–water partition coefficient (Wildman–Crippen LogP) is 1.83. The highest BCUT2D eigenvalue weighted by molar-refractivity contribution is 5.46. The van der Waals surface area contributed by atoms with Crippen molar-refractivity contribution in [1.82, 2.24) is 4.98 Å². The number of rotatable bonds is 0. The van der Waals surface area contributed by atoms with Crippen molar-refractivity contribution < 1.29 is 0 Å². The summed E-state index contributed by atoms with van der Waals surface area (Å²) in [6.07, 6.45) is 4.22. The van der Waals surface area contributed by atoms with Gasteiger partial charge < -0.3 is 5.32 Å². The summed E-state index contributed by atoms with van der Waals surface area (Å²) in [6.45, 7) is 2.19. The standard InChI is InChI=1S/C9H12N2/c1-7-4-5-8-3-2-6-10-9(8)11-7/h2-3,6-7H,4-5H2,1H3,(H,10,11)/t7-/m0/s1. The second-order valence-electron chi connectivity index (χ2n) is 3.10. The fourth-order valence-electron chi connectivity index (χ4n) is 1.45. The normalized spacial score (nSPS) is 22.1. The summed E-state index contributed by atoms with van der Waals surface area (Å²) in [5.74, 6) is 1.08. The summed E-state index contributed by atoms with van der Waals surface area (Å²) < 4.78 is 0. The Balaban J connectivity index is 2.34. The van der Waals surface area contributed by atoms with Gasteiger partial charge in [-0.15, -0.1) is 0 Å². The maximum atomic E-state index is 4.26. The third kappa shape index (κ3) is 1.20. The second kappa shape index (κ2) is 2.53. The van der Waals surface area contributed by atoms with Crippen LogP contribution in [0.3, 0.4) is 0 Å². The van der Waals surface area contributed by atoms with Gasteiger partial charge in [0.25, 0.3) is 0 Å². The van der Waals surface area contributed by atoms with Crippen molar-refractivity contribution in [1.29, 1.82) is 0 Å². The maximum Gasteiger partial charge on any atom is 0.129 e. The molecule has 2 heterocycles. The molecule has 2 rings (SSSR count). The summed E-state index contributed by atoms with van der Waals surface area (Å²) in [5.41, 5.74) is 1.35. The fraction of sp³-hybridized carbons (Fsp3) is 0.444. The van der Waals surface area contributed by atoms with Crippen molar-refractivity contribution in [3.05, 3.63) is 23.9 Å². The number of pyridine rings is 1. The van der Waals surface area contributed by atoms with Gasteiger partial charge in [0.2, 0.25) is 0 Å². The topological polar surface area (TPSA) is 24.9 Å². The lowest BCUT2D eigenvalue weighted by molar-refractivity contribution is 0.674. The molecule has 1 atom stereocenters. The highest BCUT2D eigenvalue weighted by Crippen LogP contribution is 2.20. The fourth-order valence-corrected chi connectivity index (χ4v) is 1.45. The molecule has 2 nitrogen and oxygen atoms in total. The molecule has 0 aliphatic carbocycles. The van der Waals surface area contributed by atoms with E-state index in [-0.39, 0.29) is 0 Å². The molecule has 1 aliphatic heterocycles. The van der Waals surface area contributed by atoms with E-state index in [0.29, 0.717) is 6.04 Å². The minimum atomic E-state index is 0.581. The molecule has 0 radical (unpaired) electrons. The molecule has 1 aromatic rings. The summed E-state index contributed by atoms with van der Waals surface area (Å²) in [7, 11) is 0. The van der Waals surface area contributed by atoms with Crippen LogP contribution in [0.5, 0.6) is 0 Å². The van der Waals surface area contributed by atoms with E-state index < -0.39 is 0 Å². The van der Waals surface area contributed by atoms with Gasteiger partial charge in [-0.2, -0.15) is 0 Å². The van der Waals surface area contributed by atoms with Crippen LogP contribution in [-0.4, -0.2) is 11.0 Å². The number of nitrogens with zero attached hydrogens (tertiary/aromatic N) is 1. The van der Waals surface area contributed by atoms with Crippen molar-refractivity contribution in [3.63, 3.8) is 0 Å². The van der Waals surface area contributed by atoms with Crippen LogP contribution in [0.4, 0.5) is 5.82 Å². The zero-order valence-electron chi connectivity index (χ0n) is 6.67. The molecule has 1 N–H and O–H groups in total. The summed E-state index contributed by atoms with van der Waals surface area (Å²) in [5, 5.41) is 3.35. The van der Waals surface area contributed by atoms with E-state index in [1.54, 1.807) is 0 Å². The second-order valence-corrected chi connectivity index (χ2v) is 3.10. The molecule has 2 heteroatoms. The summed E-state index contributed by atoms with van der Waals surface area (Å²) in [6, 6.07) is 4.72. The number of hydrogen-bond donors (Lipinski definition) is 1. The lowest BCUT2D eigenvalue weighted by Crippen LogP contribution is -2.22. The van der Waals surface area contributed by atoms with Gasteiger partial charge in [0.05, 0.1) is 0 Å². The Hall–Kier alpha value is -1.05. The molecule has 0 saturated heterocycles. The first-order valence-corrected chi connectivity index (χ1v) is 4.06. The van der Waals surface area contributed by atoms with E-state index in [2.05, 4.69) is 23.3 Å². The van der Waals surface area contributed by atoms with E-state index in [0.717, 1.165) is 12.2 Å². The lowest BCUT2D eigenvalue weighted by atomic mass is 10.0. The maximum absolute atomic E-state index is 4.26. The summed E-state index contributed by atoms with van der Waals surface area (Å²) >= 11 is 0. The Labute approximate surface area is 66.7 Å². The first-order chi connectivity index (χ1) is 5.36. The smallest absolute Gasteiger partial charge is 0.129 e. The first-order valence-electron chi connectivity index (χ1n) is 4.06. The number of fused-ring (bicyclic) bond motifs is 1. The molecular weight excluding hydrogens is 136 g/mol. The number of nitrogens with one attached hydrogen (secondary N) is 1. The molecule has 0 saturated carbocycles. The molecule has 1 aromatic heterocycles. The molecule has 0 amide bonds. The molecule has 0 spiro atoms. The molecule has 0 unspecified atom stereocenters. The third-order valence-corrected chi connectivity index (χ3v) is 2.12. The molecule has 0 fully saturated rings. The zero-order chi connectivity index (χ0) is 7.68. The van der Waals surface area contributed by atoms with Crippen LogP contribution in [-0.2, 0) is 6.42 Å². The van der Waals surface area contributed by atoms with Gasteiger partial charge in [0.1, 0.15) is 5.82 Å². The van der Waals surface area contributed by atoms with Crippen molar-refractivity contribution in [2.24, 2.45) is 0 Å². The zero-order valence-corrected chi connectivity index (χ0v) is 6.67. The van der Waals surface area contributed by atoms with Gasteiger partial charge in [-0.05, 0) is 31.4 Å². The highest BCUT2D eigenvalue weighted by atomic mass is 15.0. The monoisotopic (exact) mass is 148 g/mol. The van der Waals surface area contributed by atoms with Crippen LogP contribution in [0, 0.1) is 0 Å². The van der Waals surface area contributed by atoms with Gasteiger partial charge in [-0.3, -0.25) is 0 Å². The summed E-state index contributed by atoms with van der Waals surface area (Å²) in [4.78, 5) is 4.26. The largest absolute Gasteiger partial charge is 0.367 e.